The van der Waals surface area contributed by atoms with Gasteiger partial charge in [-0.25, -0.2) is 0 Å². The van der Waals surface area contributed by atoms with Crippen LogP contribution in [0.15, 0.2) is 66.4 Å². The van der Waals surface area contributed by atoms with Gasteiger partial charge < -0.3 is 9.47 Å². The maximum Gasteiger partial charge on any atom is 0.232 e. The standard InChI is InChI=1S/C26H23NO3/c1-17-8-10-20(11-9-17)14-27-15-21-22(29-16-27)12-18(2)24-25(28)23(30-26(21)24)13-19-6-4-3-5-7-19/h3-13H,14-16H2,1-2H3/b23-13-. The summed E-state index contributed by atoms with van der Waals surface area (Å²) >= 11 is 0. The summed E-state index contributed by atoms with van der Waals surface area (Å²) in [4.78, 5) is 15.3. The van der Waals surface area contributed by atoms with Crippen molar-refractivity contribution >= 4 is 11.9 Å². The van der Waals surface area contributed by atoms with Crippen molar-refractivity contribution in [3.63, 3.8) is 0 Å². The Kier molecular flexibility index (Phi) is 4.64. The highest BCUT2D eigenvalue weighted by molar-refractivity contribution is 6.15. The Bertz CT molecular complexity index is 1150. The fraction of sp³-hybridized carbons (Fsp3) is 0.192. The molecule has 2 aliphatic rings. The molecular weight excluding hydrogens is 374 g/mol. The first-order valence-corrected chi connectivity index (χ1v) is 10.1. The van der Waals surface area contributed by atoms with Crippen LogP contribution in [0.5, 0.6) is 11.5 Å². The molecule has 3 aromatic rings. The van der Waals surface area contributed by atoms with Crippen LogP contribution in [0.2, 0.25) is 0 Å². The molecule has 0 unspecified atom stereocenters. The molecule has 3 aromatic carbocycles. The Labute approximate surface area is 176 Å². The van der Waals surface area contributed by atoms with E-state index < -0.39 is 0 Å². The molecule has 2 aliphatic heterocycles. The van der Waals surface area contributed by atoms with Crippen LogP contribution in [0.4, 0.5) is 0 Å². The molecule has 0 aromatic heterocycles. The number of carbonyl (C=O) groups excluding carboxylic acids is 1. The second-order valence-electron chi connectivity index (χ2n) is 7.97. The van der Waals surface area contributed by atoms with Crippen molar-refractivity contribution < 1.29 is 14.3 Å². The van der Waals surface area contributed by atoms with Gasteiger partial charge in [0.15, 0.2) is 5.76 Å². The van der Waals surface area contributed by atoms with Crippen molar-refractivity contribution in [3.05, 3.63) is 99.8 Å². The number of nitrogens with zero attached hydrogens (tertiary/aromatic N) is 1. The Hall–Kier alpha value is -3.37. The summed E-state index contributed by atoms with van der Waals surface area (Å²) in [7, 11) is 0. The molecule has 2 heterocycles. The molecule has 0 radical (unpaired) electrons. The zero-order valence-corrected chi connectivity index (χ0v) is 17.1. The lowest BCUT2D eigenvalue weighted by molar-refractivity contribution is 0.0872. The summed E-state index contributed by atoms with van der Waals surface area (Å²) in [5.41, 5.74) is 5.90. The topological polar surface area (TPSA) is 38.8 Å². The van der Waals surface area contributed by atoms with Crippen LogP contribution >= 0.6 is 0 Å². The van der Waals surface area contributed by atoms with Crippen LogP contribution in [0.3, 0.4) is 0 Å². The van der Waals surface area contributed by atoms with Crippen molar-refractivity contribution in [2.24, 2.45) is 0 Å². The molecule has 0 saturated heterocycles. The Balaban J connectivity index is 1.46. The molecule has 0 amide bonds. The molecule has 5 rings (SSSR count). The number of fused-ring (bicyclic) bond motifs is 3. The van der Waals surface area contributed by atoms with Crippen molar-refractivity contribution in [2.45, 2.75) is 26.9 Å². The molecule has 0 saturated carbocycles. The number of rotatable bonds is 3. The van der Waals surface area contributed by atoms with E-state index in [1.165, 1.54) is 11.1 Å². The van der Waals surface area contributed by atoms with Gasteiger partial charge in [0.2, 0.25) is 5.78 Å². The summed E-state index contributed by atoms with van der Waals surface area (Å²) in [5.74, 6) is 1.75. The Morgan fingerprint density at radius 1 is 1.03 bits per heavy atom. The van der Waals surface area contributed by atoms with E-state index in [-0.39, 0.29) is 5.78 Å². The Morgan fingerprint density at radius 3 is 2.57 bits per heavy atom. The van der Waals surface area contributed by atoms with Gasteiger partial charge >= 0.3 is 0 Å². The largest absolute Gasteiger partial charge is 0.478 e. The summed E-state index contributed by atoms with van der Waals surface area (Å²) in [6, 6.07) is 20.3. The number of aryl methyl sites for hydroxylation is 2. The van der Waals surface area contributed by atoms with E-state index in [0.29, 0.717) is 30.3 Å². The maximum atomic E-state index is 13.1. The smallest absolute Gasteiger partial charge is 0.232 e. The maximum absolute atomic E-state index is 13.1. The van der Waals surface area contributed by atoms with Crippen LogP contribution in [-0.4, -0.2) is 17.4 Å². The molecule has 0 atom stereocenters. The minimum absolute atomic E-state index is 0.0650. The number of carbonyl (C=O) groups is 1. The Morgan fingerprint density at radius 2 is 1.80 bits per heavy atom. The van der Waals surface area contributed by atoms with E-state index in [1.54, 1.807) is 0 Å². The van der Waals surface area contributed by atoms with Gasteiger partial charge in [-0.05, 0) is 42.7 Å². The van der Waals surface area contributed by atoms with Gasteiger partial charge in [0, 0.05) is 13.1 Å². The number of hydrogen-bond donors (Lipinski definition) is 0. The average molecular weight is 397 g/mol. The zero-order chi connectivity index (χ0) is 20.7. The second kappa shape index (κ2) is 7.47. The van der Waals surface area contributed by atoms with Crippen molar-refractivity contribution in [3.8, 4) is 11.5 Å². The molecule has 150 valence electrons. The van der Waals surface area contributed by atoms with E-state index in [2.05, 4.69) is 36.1 Å². The van der Waals surface area contributed by atoms with Gasteiger partial charge in [-0.3, -0.25) is 9.69 Å². The fourth-order valence-electron chi connectivity index (χ4n) is 4.03. The van der Waals surface area contributed by atoms with Gasteiger partial charge in [0.05, 0.1) is 11.1 Å². The first-order chi connectivity index (χ1) is 14.6. The summed E-state index contributed by atoms with van der Waals surface area (Å²) in [6.45, 7) is 6.00. The van der Waals surface area contributed by atoms with Crippen molar-refractivity contribution in [1.29, 1.82) is 0 Å². The summed E-state index contributed by atoms with van der Waals surface area (Å²) < 4.78 is 12.2. The third-order valence-corrected chi connectivity index (χ3v) is 5.61. The van der Waals surface area contributed by atoms with Gasteiger partial charge in [-0.15, -0.1) is 0 Å². The number of Topliss-reactive ketones (excluding diaryl/α,β-unsaturated/α-hetero) is 1. The number of ketones is 1. The van der Waals surface area contributed by atoms with E-state index in [4.69, 9.17) is 9.47 Å². The lowest BCUT2D eigenvalue weighted by Gasteiger charge is -2.30. The molecule has 0 spiro atoms. The van der Waals surface area contributed by atoms with E-state index in [9.17, 15) is 4.79 Å². The molecule has 0 fully saturated rings. The molecule has 4 nitrogen and oxygen atoms in total. The van der Waals surface area contributed by atoms with Gasteiger partial charge in [-0.2, -0.15) is 0 Å². The monoisotopic (exact) mass is 397 g/mol. The lowest BCUT2D eigenvalue weighted by Crippen LogP contribution is -2.31. The number of hydrogen-bond acceptors (Lipinski definition) is 4. The number of benzene rings is 3. The van der Waals surface area contributed by atoms with Crippen molar-refractivity contribution in [2.75, 3.05) is 6.73 Å². The first kappa shape index (κ1) is 18.6. The van der Waals surface area contributed by atoms with Gasteiger partial charge in [0.1, 0.15) is 18.2 Å². The first-order valence-electron chi connectivity index (χ1n) is 10.1. The lowest BCUT2D eigenvalue weighted by atomic mass is 9.98. The summed E-state index contributed by atoms with van der Waals surface area (Å²) in [5, 5.41) is 0. The fourth-order valence-corrected chi connectivity index (χ4v) is 4.03. The average Bonchev–Trinajstić information content (AvgIpc) is 3.08. The van der Waals surface area contributed by atoms with Crippen LogP contribution in [0, 0.1) is 13.8 Å². The van der Waals surface area contributed by atoms with Crippen LogP contribution in [0.25, 0.3) is 6.08 Å². The molecule has 0 bridgehead atoms. The SMILES string of the molecule is Cc1ccc(CN2COc3cc(C)c4c(c3C2)O/C(=C\c2ccccc2)C4=O)cc1. The number of allylic oxidation sites excluding steroid dienone is 1. The molecule has 30 heavy (non-hydrogen) atoms. The predicted octanol–water partition coefficient (Wildman–Crippen LogP) is 5.27. The van der Waals surface area contributed by atoms with Crippen LogP contribution in [-0.2, 0) is 13.1 Å². The third kappa shape index (κ3) is 3.40. The minimum atomic E-state index is -0.0650. The zero-order valence-electron chi connectivity index (χ0n) is 17.1. The normalized spacial score (nSPS) is 16.7. The van der Waals surface area contributed by atoms with E-state index in [0.717, 1.165) is 29.0 Å². The third-order valence-electron chi connectivity index (χ3n) is 5.61. The predicted molar refractivity (Wildman–Crippen MR) is 116 cm³/mol. The number of ether oxygens (including phenoxy) is 2. The molecule has 4 heteroatoms. The highest BCUT2D eigenvalue weighted by Gasteiger charge is 2.35. The minimum Gasteiger partial charge on any atom is -0.478 e. The quantitative estimate of drug-likeness (QED) is 0.564. The van der Waals surface area contributed by atoms with E-state index in [1.807, 2.05) is 49.4 Å². The van der Waals surface area contributed by atoms with Crippen molar-refractivity contribution in [1.82, 2.24) is 4.90 Å². The van der Waals surface area contributed by atoms with Crippen LogP contribution in [0.1, 0.15) is 38.2 Å². The van der Waals surface area contributed by atoms with Gasteiger partial charge in [-0.1, -0.05) is 60.2 Å². The van der Waals surface area contributed by atoms with E-state index >= 15 is 0 Å². The highest BCUT2D eigenvalue weighted by atomic mass is 16.5. The molecule has 0 aliphatic carbocycles. The molecule has 0 N–H and O–H groups in total. The second-order valence-corrected chi connectivity index (χ2v) is 7.97. The van der Waals surface area contributed by atoms with Crippen LogP contribution < -0.4 is 9.47 Å². The van der Waals surface area contributed by atoms with Gasteiger partial charge in [0.25, 0.3) is 0 Å². The highest BCUT2D eigenvalue weighted by Crippen LogP contribution is 2.44. The molecular formula is C26H23NO3. The summed E-state index contributed by atoms with van der Waals surface area (Å²) in [6.07, 6.45) is 1.81.